The zero-order valence-corrected chi connectivity index (χ0v) is 11.3. The molecule has 0 radical (unpaired) electrons. The summed E-state index contributed by atoms with van der Waals surface area (Å²) in [4.78, 5) is 0. The summed E-state index contributed by atoms with van der Waals surface area (Å²) in [7, 11) is 1.62. The number of methoxy groups -OCH3 is 1. The first-order chi connectivity index (χ1) is 8.36. The number of hydrogen-bond acceptors (Lipinski definition) is 2. The molecule has 0 amide bonds. The average molecular weight is 236 g/mol. The van der Waals surface area contributed by atoms with Crippen LogP contribution in [0.5, 0.6) is 5.75 Å². The summed E-state index contributed by atoms with van der Waals surface area (Å²) in [5.41, 5.74) is 1.31. The van der Waals surface area contributed by atoms with Crippen LogP contribution in [0.4, 0.5) is 0 Å². The van der Waals surface area contributed by atoms with E-state index in [9.17, 15) is 0 Å². The van der Waals surface area contributed by atoms with Crippen molar-refractivity contribution in [2.24, 2.45) is 0 Å². The molecule has 0 aliphatic carbocycles. The quantitative estimate of drug-likeness (QED) is 0.429. The topological polar surface area (TPSA) is 18.5 Å². The van der Waals surface area contributed by atoms with Crippen molar-refractivity contribution in [2.45, 2.75) is 19.8 Å². The summed E-state index contributed by atoms with van der Waals surface area (Å²) in [5.74, 6) is 0.786. The summed E-state index contributed by atoms with van der Waals surface area (Å²) in [5, 5.41) is 2.36. The normalized spacial score (nSPS) is 10.1. The fraction of sp³-hybridized carbons (Fsp3) is 0.333. The molecule has 0 bridgehead atoms. The molecule has 2 aromatic rings. The van der Waals surface area contributed by atoms with Crippen LogP contribution in [0.15, 0.2) is 30.3 Å². The molecular formula is C15H17LiO2. The van der Waals surface area contributed by atoms with Crippen LogP contribution in [0.3, 0.4) is 0 Å². The van der Waals surface area contributed by atoms with Gasteiger partial charge in [0, 0.05) is 12.9 Å². The Balaban J connectivity index is 0.00000162. The second-order valence-electron chi connectivity index (χ2n) is 3.99. The van der Waals surface area contributed by atoms with E-state index in [0.717, 1.165) is 24.0 Å². The molecule has 0 heterocycles. The van der Waals surface area contributed by atoms with Crippen LogP contribution >= 0.6 is 0 Å². The molecular weight excluding hydrogens is 219 g/mol. The van der Waals surface area contributed by atoms with E-state index in [1.807, 2.05) is 6.07 Å². The molecule has 2 nitrogen and oxygen atoms in total. The number of hydrogen-bond donors (Lipinski definition) is 0. The smallest absolute Gasteiger partial charge is 0.493 e. The van der Waals surface area contributed by atoms with Gasteiger partial charge in [-0.1, -0.05) is 42.5 Å². The Morgan fingerprint density at radius 1 is 1.22 bits per heavy atom. The summed E-state index contributed by atoms with van der Waals surface area (Å²) < 4.78 is 10.5. The van der Waals surface area contributed by atoms with Crippen LogP contribution in [-0.2, 0) is 11.2 Å². The SMILES string of the molecule is CCCc1cccc2cc[c-]c(OCOC)c12.[Li+]. The van der Waals surface area contributed by atoms with Crippen LogP contribution in [-0.4, -0.2) is 13.9 Å². The zero-order valence-electron chi connectivity index (χ0n) is 11.3. The van der Waals surface area contributed by atoms with Crippen molar-refractivity contribution < 1.29 is 28.3 Å². The van der Waals surface area contributed by atoms with Gasteiger partial charge in [0.05, 0.1) is 0 Å². The molecule has 0 atom stereocenters. The van der Waals surface area contributed by atoms with E-state index >= 15 is 0 Å². The first-order valence-electron chi connectivity index (χ1n) is 5.91. The van der Waals surface area contributed by atoms with Crippen molar-refractivity contribution in [3.05, 3.63) is 42.0 Å². The molecule has 18 heavy (non-hydrogen) atoms. The van der Waals surface area contributed by atoms with Crippen molar-refractivity contribution in [2.75, 3.05) is 13.9 Å². The number of benzene rings is 2. The maximum Gasteiger partial charge on any atom is 1.00 e. The predicted octanol–water partition coefficient (Wildman–Crippen LogP) is 0.579. The second kappa shape index (κ2) is 7.48. The van der Waals surface area contributed by atoms with Gasteiger partial charge in [0.25, 0.3) is 0 Å². The third-order valence-corrected chi connectivity index (χ3v) is 2.73. The molecule has 2 rings (SSSR count). The molecule has 0 aromatic heterocycles. The Labute approximate surface area is 120 Å². The minimum Gasteiger partial charge on any atom is -0.493 e. The van der Waals surface area contributed by atoms with Gasteiger partial charge in [-0.15, -0.1) is 11.5 Å². The van der Waals surface area contributed by atoms with Crippen LogP contribution < -0.4 is 23.6 Å². The van der Waals surface area contributed by atoms with Crippen molar-refractivity contribution >= 4 is 10.8 Å². The van der Waals surface area contributed by atoms with Crippen LogP contribution in [0.2, 0.25) is 0 Å². The molecule has 0 unspecified atom stereocenters. The van der Waals surface area contributed by atoms with E-state index in [2.05, 4.69) is 37.3 Å². The molecule has 0 saturated heterocycles. The van der Waals surface area contributed by atoms with Gasteiger partial charge in [0.2, 0.25) is 0 Å². The third-order valence-electron chi connectivity index (χ3n) is 2.73. The van der Waals surface area contributed by atoms with E-state index in [4.69, 9.17) is 9.47 Å². The van der Waals surface area contributed by atoms with Gasteiger partial charge >= 0.3 is 18.9 Å². The fourth-order valence-electron chi connectivity index (χ4n) is 2.02. The van der Waals surface area contributed by atoms with Crippen molar-refractivity contribution in [3.8, 4) is 5.75 Å². The standard InChI is InChI=1S/C15H17O2.Li/c1-3-6-12-7-4-8-13-9-5-10-14(15(12)13)17-11-16-2;/h4-5,7-9H,3,6,11H2,1-2H3;/q-1;+1. The van der Waals surface area contributed by atoms with E-state index in [1.165, 1.54) is 10.9 Å². The molecule has 90 valence electrons. The van der Waals surface area contributed by atoms with Gasteiger partial charge in [0.1, 0.15) is 0 Å². The van der Waals surface area contributed by atoms with Crippen molar-refractivity contribution in [1.82, 2.24) is 0 Å². The minimum absolute atomic E-state index is 0. The number of ether oxygens (including phenoxy) is 2. The van der Waals surface area contributed by atoms with E-state index in [0.29, 0.717) is 0 Å². The maximum atomic E-state index is 5.58. The molecule has 3 heteroatoms. The van der Waals surface area contributed by atoms with Gasteiger partial charge in [-0.25, -0.2) is 0 Å². The molecule has 0 aliphatic rings. The molecule has 0 aliphatic heterocycles. The van der Waals surface area contributed by atoms with Gasteiger partial charge in [-0.3, -0.25) is 0 Å². The Morgan fingerprint density at radius 2 is 2.06 bits per heavy atom. The van der Waals surface area contributed by atoms with Crippen LogP contribution in [0, 0.1) is 6.07 Å². The largest absolute Gasteiger partial charge is 1.00 e. The first-order valence-corrected chi connectivity index (χ1v) is 5.91. The first kappa shape index (κ1) is 15.1. The Bertz CT molecular complexity index is 492. The van der Waals surface area contributed by atoms with Gasteiger partial charge < -0.3 is 9.47 Å². The van der Waals surface area contributed by atoms with Crippen LogP contribution in [0.1, 0.15) is 18.9 Å². The summed E-state index contributed by atoms with van der Waals surface area (Å²) in [6.45, 7) is 2.44. The Hall–Kier alpha value is -0.943. The average Bonchev–Trinajstić information content (AvgIpc) is 2.37. The number of fused-ring (bicyclic) bond motifs is 1. The third kappa shape index (κ3) is 3.29. The summed E-state index contributed by atoms with van der Waals surface area (Å²) >= 11 is 0. The van der Waals surface area contributed by atoms with E-state index in [-0.39, 0.29) is 25.7 Å². The minimum atomic E-state index is 0. The van der Waals surface area contributed by atoms with Gasteiger partial charge in [0.15, 0.2) is 6.79 Å². The van der Waals surface area contributed by atoms with Crippen molar-refractivity contribution in [3.63, 3.8) is 0 Å². The van der Waals surface area contributed by atoms with Crippen molar-refractivity contribution in [1.29, 1.82) is 0 Å². The summed E-state index contributed by atoms with van der Waals surface area (Å²) in [6, 6.07) is 13.4. The molecule has 0 saturated carbocycles. The molecule has 0 N–H and O–H groups in total. The van der Waals surface area contributed by atoms with E-state index < -0.39 is 0 Å². The van der Waals surface area contributed by atoms with E-state index in [1.54, 1.807) is 7.11 Å². The maximum absolute atomic E-state index is 5.58. The fourth-order valence-corrected chi connectivity index (χ4v) is 2.02. The molecule has 2 aromatic carbocycles. The predicted molar refractivity (Wildman–Crippen MR) is 69.3 cm³/mol. The molecule has 0 spiro atoms. The number of rotatable bonds is 5. The van der Waals surface area contributed by atoms with Crippen LogP contribution in [0.25, 0.3) is 10.8 Å². The number of aryl methyl sites for hydroxylation is 1. The second-order valence-corrected chi connectivity index (χ2v) is 3.99. The van der Waals surface area contributed by atoms with Gasteiger partial charge in [-0.2, -0.15) is 12.1 Å². The molecule has 0 fully saturated rings. The Kier molecular flexibility index (Phi) is 6.28. The Morgan fingerprint density at radius 3 is 2.78 bits per heavy atom. The zero-order chi connectivity index (χ0) is 12.1. The summed E-state index contributed by atoms with van der Waals surface area (Å²) in [6.07, 6.45) is 2.18. The van der Waals surface area contributed by atoms with Gasteiger partial charge in [-0.05, 0) is 6.42 Å². The monoisotopic (exact) mass is 236 g/mol.